The first-order valence-electron chi connectivity index (χ1n) is 13.6. The fraction of sp³-hybridized carbons (Fsp3) is 0.786. The maximum absolute atomic E-state index is 11.1. The smallest absolute Gasteiger partial charge is 0.264 e. The lowest BCUT2D eigenvalue weighted by atomic mass is 9.99. The summed E-state index contributed by atoms with van der Waals surface area (Å²) in [6.07, 6.45) is 20.4. The van der Waals surface area contributed by atoms with Crippen LogP contribution in [0.3, 0.4) is 0 Å². The molecule has 0 saturated heterocycles. The number of hydrogen-bond acceptors (Lipinski definition) is 3. The van der Waals surface area contributed by atoms with Gasteiger partial charge in [0, 0.05) is 6.42 Å². The summed E-state index contributed by atoms with van der Waals surface area (Å²) in [5.41, 5.74) is 2.64. The van der Waals surface area contributed by atoms with Gasteiger partial charge in [-0.05, 0) is 55.9 Å². The van der Waals surface area contributed by atoms with Crippen molar-refractivity contribution in [3.05, 3.63) is 29.3 Å². The molecule has 0 heterocycles. The first-order chi connectivity index (χ1) is 15.8. The fourth-order valence-corrected chi connectivity index (χ4v) is 4.89. The Balaban J connectivity index is 2.60. The molecule has 1 N–H and O–H groups in total. The van der Waals surface area contributed by atoms with E-state index in [1.807, 2.05) is 6.92 Å². The maximum Gasteiger partial charge on any atom is 0.264 e. The average molecular weight is 483 g/mol. The third-order valence-corrected chi connectivity index (χ3v) is 7.04. The van der Waals surface area contributed by atoms with Crippen molar-refractivity contribution in [2.75, 3.05) is 5.75 Å². The summed E-state index contributed by atoms with van der Waals surface area (Å²) in [7, 11) is -3.95. The van der Waals surface area contributed by atoms with Crippen LogP contribution in [0.15, 0.2) is 18.2 Å². The van der Waals surface area contributed by atoms with E-state index in [0.29, 0.717) is 0 Å². The summed E-state index contributed by atoms with van der Waals surface area (Å²) in [4.78, 5) is 0. The van der Waals surface area contributed by atoms with Crippen molar-refractivity contribution in [2.45, 2.75) is 136 Å². The number of hydrogen-bond donors (Lipinski definition) is 1. The molecule has 0 amide bonds. The van der Waals surface area contributed by atoms with E-state index in [2.05, 4.69) is 32.0 Å². The summed E-state index contributed by atoms with van der Waals surface area (Å²) in [5.74, 6) is 0.563. The second kappa shape index (κ2) is 18.3. The highest BCUT2D eigenvalue weighted by Crippen LogP contribution is 2.23. The van der Waals surface area contributed by atoms with Crippen LogP contribution in [0.2, 0.25) is 0 Å². The molecular formula is C28H50O4S. The number of ether oxygens (including phenoxy) is 1. The molecule has 33 heavy (non-hydrogen) atoms. The highest BCUT2D eigenvalue weighted by molar-refractivity contribution is 7.85. The Labute approximate surface area is 204 Å². The Kier molecular flexibility index (Phi) is 16.6. The van der Waals surface area contributed by atoms with Crippen molar-refractivity contribution in [1.29, 1.82) is 0 Å². The van der Waals surface area contributed by atoms with Crippen molar-refractivity contribution in [1.82, 2.24) is 0 Å². The highest BCUT2D eigenvalue weighted by atomic mass is 32.2. The van der Waals surface area contributed by atoms with Crippen molar-refractivity contribution >= 4 is 10.1 Å². The molecule has 192 valence electrons. The summed E-state index contributed by atoms with van der Waals surface area (Å²) in [6, 6.07) is 6.58. The molecule has 0 saturated carbocycles. The minimum absolute atomic E-state index is 0.257. The van der Waals surface area contributed by atoms with Gasteiger partial charge in [-0.15, -0.1) is 0 Å². The number of aryl methyl sites for hydroxylation is 2. The van der Waals surface area contributed by atoms with Crippen LogP contribution < -0.4 is 4.74 Å². The van der Waals surface area contributed by atoms with Crippen LogP contribution >= 0.6 is 0 Å². The molecule has 0 spiro atoms. The molecule has 1 unspecified atom stereocenters. The van der Waals surface area contributed by atoms with Gasteiger partial charge in [-0.3, -0.25) is 4.55 Å². The number of benzene rings is 1. The van der Waals surface area contributed by atoms with Crippen molar-refractivity contribution in [2.24, 2.45) is 0 Å². The normalized spacial score (nSPS) is 12.7. The van der Waals surface area contributed by atoms with Crippen LogP contribution in [-0.4, -0.2) is 24.8 Å². The molecule has 5 heteroatoms. The first kappa shape index (κ1) is 30.0. The van der Waals surface area contributed by atoms with Crippen LogP contribution in [0.25, 0.3) is 0 Å². The summed E-state index contributed by atoms with van der Waals surface area (Å²) >= 11 is 0. The Bertz CT molecular complexity index is 678. The number of unbranched alkanes of at least 4 members (excludes halogenated alkanes) is 12. The van der Waals surface area contributed by atoms with Gasteiger partial charge < -0.3 is 4.74 Å². The third kappa shape index (κ3) is 17.1. The van der Waals surface area contributed by atoms with Gasteiger partial charge in [0.1, 0.15) is 5.75 Å². The molecule has 1 atom stereocenters. The van der Waals surface area contributed by atoms with Crippen molar-refractivity contribution in [3.63, 3.8) is 0 Å². The van der Waals surface area contributed by atoms with Crippen molar-refractivity contribution < 1.29 is 17.7 Å². The van der Waals surface area contributed by atoms with Gasteiger partial charge in [-0.25, -0.2) is 0 Å². The molecule has 4 nitrogen and oxygen atoms in total. The van der Waals surface area contributed by atoms with Gasteiger partial charge >= 0.3 is 0 Å². The monoisotopic (exact) mass is 482 g/mol. The molecule has 1 rings (SSSR count). The van der Waals surface area contributed by atoms with E-state index in [9.17, 15) is 8.42 Å². The zero-order chi connectivity index (χ0) is 24.4. The Morgan fingerprint density at radius 2 is 1.15 bits per heavy atom. The van der Waals surface area contributed by atoms with E-state index in [4.69, 9.17) is 9.29 Å². The lowest BCUT2D eigenvalue weighted by Gasteiger charge is -2.16. The fourth-order valence-electron chi connectivity index (χ4n) is 4.26. The SMILES string of the molecule is CCCCCCCCCc1cc(CCCCCCCCC)cc(OC(C)CCS(=O)(=O)O)c1. The van der Waals surface area contributed by atoms with Crippen LogP contribution in [0.4, 0.5) is 0 Å². The quantitative estimate of drug-likeness (QED) is 0.141. The first-order valence-corrected chi connectivity index (χ1v) is 15.2. The molecule has 0 fully saturated rings. The minimum Gasteiger partial charge on any atom is -0.491 e. The zero-order valence-corrected chi connectivity index (χ0v) is 22.4. The van der Waals surface area contributed by atoms with Gasteiger partial charge in [0.05, 0.1) is 11.9 Å². The predicted octanol–water partition coefficient (Wildman–Crippen LogP) is 8.32. The van der Waals surface area contributed by atoms with E-state index in [-0.39, 0.29) is 18.3 Å². The second-order valence-electron chi connectivity index (χ2n) is 9.73. The molecule has 0 aliphatic rings. The molecule has 0 aliphatic carbocycles. The second-order valence-corrected chi connectivity index (χ2v) is 11.3. The minimum atomic E-state index is -3.95. The van der Waals surface area contributed by atoms with Gasteiger partial charge in [0.15, 0.2) is 0 Å². The van der Waals surface area contributed by atoms with E-state index in [0.717, 1.165) is 18.6 Å². The van der Waals surface area contributed by atoms with E-state index < -0.39 is 10.1 Å². The van der Waals surface area contributed by atoms with Crippen LogP contribution in [0, 0.1) is 0 Å². The molecule has 0 bridgehead atoms. The van der Waals surface area contributed by atoms with Crippen LogP contribution in [-0.2, 0) is 23.0 Å². The predicted molar refractivity (Wildman–Crippen MR) is 141 cm³/mol. The largest absolute Gasteiger partial charge is 0.491 e. The summed E-state index contributed by atoms with van der Waals surface area (Å²) in [5, 5.41) is 0. The van der Waals surface area contributed by atoms with Crippen LogP contribution in [0.5, 0.6) is 5.75 Å². The Morgan fingerprint density at radius 3 is 1.58 bits per heavy atom. The van der Waals surface area contributed by atoms with Gasteiger partial charge in [-0.1, -0.05) is 97.0 Å². The average Bonchev–Trinajstić information content (AvgIpc) is 2.76. The molecule has 1 aromatic rings. The van der Waals surface area contributed by atoms with Gasteiger partial charge in [0.2, 0.25) is 0 Å². The lowest BCUT2D eigenvalue weighted by Crippen LogP contribution is -2.17. The van der Waals surface area contributed by atoms with E-state index in [1.54, 1.807) is 0 Å². The topological polar surface area (TPSA) is 63.6 Å². The van der Waals surface area contributed by atoms with Gasteiger partial charge in [0.25, 0.3) is 10.1 Å². The van der Waals surface area contributed by atoms with E-state index in [1.165, 1.54) is 101 Å². The standard InChI is InChI=1S/C28H50O4S/c1-4-6-8-10-12-14-16-18-26-22-27(19-17-15-13-11-9-7-5-2)24-28(23-26)32-25(3)20-21-33(29,30)31/h22-25H,4-21H2,1-3H3,(H,29,30,31). The van der Waals surface area contributed by atoms with Gasteiger partial charge in [-0.2, -0.15) is 8.42 Å². The third-order valence-electron chi connectivity index (χ3n) is 6.28. The maximum atomic E-state index is 11.1. The molecule has 0 radical (unpaired) electrons. The zero-order valence-electron chi connectivity index (χ0n) is 21.6. The lowest BCUT2D eigenvalue weighted by molar-refractivity contribution is 0.216. The molecule has 1 aromatic carbocycles. The highest BCUT2D eigenvalue weighted by Gasteiger charge is 2.12. The summed E-state index contributed by atoms with van der Waals surface area (Å²) in [6.45, 7) is 6.37. The van der Waals surface area contributed by atoms with E-state index >= 15 is 0 Å². The Morgan fingerprint density at radius 1 is 0.727 bits per heavy atom. The molecule has 0 aromatic heterocycles. The summed E-state index contributed by atoms with van der Waals surface area (Å²) < 4.78 is 37.2. The molecular weight excluding hydrogens is 432 g/mol. The molecule has 0 aliphatic heterocycles. The number of rotatable bonds is 21. The van der Waals surface area contributed by atoms with Crippen LogP contribution in [0.1, 0.15) is 128 Å². The van der Waals surface area contributed by atoms with Crippen molar-refractivity contribution in [3.8, 4) is 5.75 Å². The Hall–Kier alpha value is -1.07.